The van der Waals surface area contributed by atoms with E-state index < -0.39 is 24.2 Å². The van der Waals surface area contributed by atoms with Crippen molar-refractivity contribution in [2.24, 2.45) is 0 Å². The summed E-state index contributed by atoms with van der Waals surface area (Å²) in [4.78, 5) is 14.3. The maximum Gasteiger partial charge on any atom is 0.455 e. The standard InChI is InChI=1S/C18H15Cl2F5N2O/c1-9-10(3-2-6-19)15-13(27(9)8-17(21,22)18(23,24)25)5-4-12-16(15)11(20)7-14(28)26-12/h4-5,7H,2-3,6,8H2,1H3,(H,26,28). The van der Waals surface area contributed by atoms with Crippen molar-refractivity contribution < 1.29 is 22.0 Å². The Hall–Kier alpha value is -1.80. The highest BCUT2D eigenvalue weighted by molar-refractivity contribution is 6.37. The van der Waals surface area contributed by atoms with Gasteiger partial charge in [0.25, 0.3) is 0 Å². The van der Waals surface area contributed by atoms with Crippen molar-refractivity contribution in [1.29, 1.82) is 0 Å². The number of H-pyrrole nitrogens is 1. The lowest BCUT2D eigenvalue weighted by atomic mass is 10.0. The Balaban J connectivity index is 2.36. The molecule has 0 aliphatic rings. The summed E-state index contributed by atoms with van der Waals surface area (Å²) in [5.41, 5.74) is 0.968. The number of hydrogen-bond donors (Lipinski definition) is 1. The predicted octanol–water partition coefficient (Wildman–Crippen LogP) is 5.81. The molecule has 2 heterocycles. The number of aromatic nitrogens is 2. The van der Waals surface area contributed by atoms with Gasteiger partial charge < -0.3 is 9.55 Å². The van der Waals surface area contributed by atoms with Crippen molar-refractivity contribution in [3.05, 3.63) is 44.8 Å². The largest absolute Gasteiger partial charge is 0.455 e. The first kappa shape index (κ1) is 20.9. The zero-order chi connectivity index (χ0) is 20.9. The number of pyridine rings is 1. The molecule has 0 unspecified atom stereocenters. The molecule has 152 valence electrons. The van der Waals surface area contributed by atoms with Crippen LogP contribution >= 0.6 is 23.2 Å². The Morgan fingerprint density at radius 3 is 2.43 bits per heavy atom. The molecule has 3 aromatic rings. The molecule has 3 nitrogen and oxygen atoms in total. The number of alkyl halides is 6. The third kappa shape index (κ3) is 3.48. The number of rotatable bonds is 5. The van der Waals surface area contributed by atoms with E-state index in [-0.39, 0.29) is 16.2 Å². The fourth-order valence-corrected chi connectivity index (χ4v) is 3.83. The van der Waals surface area contributed by atoms with Crippen LogP contribution in [0.5, 0.6) is 0 Å². The molecule has 2 aromatic heterocycles. The summed E-state index contributed by atoms with van der Waals surface area (Å²) in [6.07, 6.45) is -4.81. The van der Waals surface area contributed by atoms with Crippen LogP contribution in [-0.4, -0.2) is 27.5 Å². The molecule has 0 fully saturated rings. The molecule has 0 spiro atoms. The highest BCUT2D eigenvalue weighted by Gasteiger charge is 2.57. The van der Waals surface area contributed by atoms with Crippen molar-refractivity contribution >= 4 is 45.0 Å². The number of halogens is 7. The Kier molecular flexibility index (Phi) is 5.40. The molecule has 28 heavy (non-hydrogen) atoms. The second kappa shape index (κ2) is 7.22. The summed E-state index contributed by atoms with van der Waals surface area (Å²) < 4.78 is 66.9. The highest BCUT2D eigenvalue weighted by atomic mass is 35.5. The van der Waals surface area contributed by atoms with Crippen molar-refractivity contribution in [2.45, 2.75) is 38.4 Å². The number of nitrogens with one attached hydrogen (secondary N) is 1. The Bertz CT molecular complexity index is 1100. The lowest BCUT2D eigenvalue weighted by Crippen LogP contribution is -2.40. The Morgan fingerprint density at radius 2 is 1.82 bits per heavy atom. The van der Waals surface area contributed by atoms with Gasteiger partial charge in [-0.05, 0) is 37.5 Å². The van der Waals surface area contributed by atoms with Crippen LogP contribution in [0, 0.1) is 6.92 Å². The van der Waals surface area contributed by atoms with Gasteiger partial charge in [-0.1, -0.05) is 11.6 Å². The van der Waals surface area contributed by atoms with E-state index in [0.717, 1.165) is 10.6 Å². The summed E-state index contributed by atoms with van der Waals surface area (Å²) in [6, 6.07) is 4.00. The smallest absolute Gasteiger partial charge is 0.338 e. The van der Waals surface area contributed by atoms with E-state index in [2.05, 4.69) is 4.98 Å². The molecule has 10 heteroatoms. The number of fused-ring (bicyclic) bond motifs is 3. The molecule has 0 radical (unpaired) electrons. The summed E-state index contributed by atoms with van der Waals surface area (Å²) in [5.74, 6) is -4.61. The lowest BCUT2D eigenvalue weighted by Gasteiger charge is -2.21. The zero-order valence-electron chi connectivity index (χ0n) is 14.6. The molecule has 3 rings (SSSR count). The minimum absolute atomic E-state index is 0.0937. The Morgan fingerprint density at radius 1 is 1.14 bits per heavy atom. The third-order valence-corrected chi connectivity index (χ3v) is 5.27. The van der Waals surface area contributed by atoms with Gasteiger partial charge in [0.05, 0.1) is 17.1 Å². The van der Waals surface area contributed by atoms with Gasteiger partial charge in [0.2, 0.25) is 5.56 Å². The first-order chi connectivity index (χ1) is 13.0. The third-order valence-electron chi connectivity index (χ3n) is 4.70. The van der Waals surface area contributed by atoms with E-state index in [1.54, 1.807) is 0 Å². The van der Waals surface area contributed by atoms with Crippen LogP contribution in [0.25, 0.3) is 21.8 Å². The summed E-state index contributed by atoms with van der Waals surface area (Å²) in [7, 11) is 0. The second-order valence-corrected chi connectivity index (χ2v) is 7.29. The van der Waals surface area contributed by atoms with E-state index >= 15 is 0 Å². The first-order valence-electron chi connectivity index (χ1n) is 8.31. The van der Waals surface area contributed by atoms with E-state index in [0.29, 0.717) is 40.6 Å². The van der Waals surface area contributed by atoms with Crippen molar-refractivity contribution in [3.8, 4) is 0 Å². The molecule has 0 saturated heterocycles. The molecule has 0 aliphatic carbocycles. The fraction of sp³-hybridized carbons (Fsp3) is 0.389. The van der Waals surface area contributed by atoms with E-state index in [9.17, 15) is 26.7 Å². The normalized spacial score (nSPS) is 13.0. The van der Waals surface area contributed by atoms with Gasteiger partial charge in [-0.15, -0.1) is 11.6 Å². The molecular weight excluding hydrogens is 426 g/mol. The summed E-state index contributed by atoms with van der Waals surface area (Å²) >= 11 is 12.0. The monoisotopic (exact) mass is 440 g/mol. The highest BCUT2D eigenvalue weighted by Crippen LogP contribution is 2.41. The van der Waals surface area contributed by atoms with E-state index in [4.69, 9.17) is 23.2 Å². The molecule has 0 bridgehead atoms. The molecule has 0 saturated carbocycles. The van der Waals surface area contributed by atoms with Crippen LogP contribution in [-0.2, 0) is 13.0 Å². The number of hydrogen-bond acceptors (Lipinski definition) is 1. The maximum atomic E-state index is 13.8. The van der Waals surface area contributed by atoms with Crippen LogP contribution in [0.1, 0.15) is 17.7 Å². The van der Waals surface area contributed by atoms with Gasteiger partial charge in [-0.2, -0.15) is 22.0 Å². The van der Waals surface area contributed by atoms with Crippen LogP contribution in [0.3, 0.4) is 0 Å². The van der Waals surface area contributed by atoms with E-state index in [1.165, 1.54) is 19.1 Å². The van der Waals surface area contributed by atoms with Gasteiger partial charge in [0.1, 0.15) is 0 Å². The molecule has 1 aromatic carbocycles. The predicted molar refractivity (Wildman–Crippen MR) is 99.9 cm³/mol. The van der Waals surface area contributed by atoms with Crippen LogP contribution in [0.15, 0.2) is 23.0 Å². The molecule has 0 aliphatic heterocycles. The summed E-state index contributed by atoms with van der Waals surface area (Å²) in [6.45, 7) is -0.0619. The lowest BCUT2D eigenvalue weighted by molar-refractivity contribution is -0.286. The van der Waals surface area contributed by atoms with Crippen LogP contribution in [0.2, 0.25) is 5.02 Å². The number of nitrogens with zero attached hydrogens (tertiary/aromatic N) is 1. The number of aromatic amines is 1. The fourth-order valence-electron chi connectivity index (χ4n) is 3.40. The van der Waals surface area contributed by atoms with Gasteiger partial charge in [0, 0.05) is 33.9 Å². The van der Waals surface area contributed by atoms with Crippen molar-refractivity contribution in [2.75, 3.05) is 5.88 Å². The minimum Gasteiger partial charge on any atom is -0.338 e. The quantitative estimate of drug-likeness (QED) is 0.394. The van der Waals surface area contributed by atoms with Crippen LogP contribution in [0.4, 0.5) is 22.0 Å². The average molecular weight is 441 g/mol. The van der Waals surface area contributed by atoms with Crippen molar-refractivity contribution in [3.63, 3.8) is 0 Å². The van der Waals surface area contributed by atoms with Gasteiger partial charge >= 0.3 is 12.1 Å². The van der Waals surface area contributed by atoms with E-state index in [1.807, 2.05) is 0 Å². The minimum atomic E-state index is -5.67. The Labute approximate surface area is 166 Å². The molecule has 0 amide bonds. The molecule has 1 N–H and O–H groups in total. The first-order valence-corrected chi connectivity index (χ1v) is 9.23. The zero-order valence-corrected chi connectivity index (χ0v) is 16.1. The van der Waals surface area contributed by atoms with Gasteiger partial charge in [0.15, 0.2) is 0 Å². The van der Waals surface area contributed by atoms with Gasteiger partial charge in [-0.25, -0.2) is 0 Å². The summed E-state index contributed by atoms with van der Waals surface area (Å²) in [5, 5.41) is 0.941. The average Bonchev–Trinajstić information content (AvgIpc) is 2.83. The van der Waals surface area contributed by atoms with Crippen LogP contribution < -0.4 is 5.56 Å². The molecule has 0 atom stereocenters. The SMILES string of the molecule is Cc1c(CCCCl)c2c3c(Cl)cc(=O)[nH]c3ccc2n1CC(F)(F)C(F)(F)F. The van der Waals surface area contributed by atoms with Gasteiger partial charge in [-0.3, -0.25) is 4.79 Å². The number of benzene rings is 1. The second-order valence-electron chi connectivity index (χ2n) is 6.51. The van der Waals surface area contributed by atoms with Crippen molar-refractivity contribution in [1.82, 2.24) is 9.55 Å². The molecular formula is C18H15Cl2F5N2O. The maximum absolute atomic E-state index is 13.8. The number of aryl methyl sites for hydroxylation is 1. The topological polar surface area (TPSA) is 37.8 Å².